The largest absolute Gasteiger partial charge is 0.344 e. The summed E-state index contributed by atoms with van der Waals surface area (Å²) >= 11 is 0. The van der Waals surface area contributed by atoms with Gasteiger partial charge in [0.1, 0.15) is 0 Å². The highest BCUT2D eigenvalue weighted by Crippen LogP contribution is 2.22. The molecule has 0 radical (unpaired) electrons. The van der Waals surface area contributed by atoms with Gasteiger partial charge in [0.2, 0.25) is 5.91 Å². The molecular weight excluding hydrogens is 260 g/mol. The summed E-state index contributed by atoms with van der Waals surface area (Å²) in [5.74, 6) is 0.178. The number of nitrogens with zero attached hydrogens (tertiary/aromatic N) is 1. The number of hydrogen-bond acceptors (Lipinski definition) is 2. The van der Waals surface area contributed by atoms with Crippen molar-refractivity contribution in [2.24, 2.45) is 0 Å². The van der Waals surface area contributed by atoms with Gasteiger partial charge in [0, 0.05) is 18.2 Å². The van der Waals surface area contributed by atoms with Crippen molar-refractivity contribution in [1.29, 1.82) is 0 Å². The number of benzene rings is 1. The van der Waals surface area contributed by atoms with E-state index in [1.807, 2.05) is 56.0 Å². The molecular formula is C18H32N2O. The van der Waals surface area contributed by atoms with Gasteiger partial charge in [-0.2, -0.15) is 0 Å². The van der Waals surface area contributed by atoms with Crippen LogP contribution >= 0.6 is 0 Å². The molecule has 0 aromatic heterocycles. The lowest BCUT2D eigenvalue weighted by atomic mass is 10.1. The summed E-state index contributed by atoms with van der Waals surface area (Å²) in [6.07, 6.45) is 4.44. The van der Waals surface area contributed by atoms with Gasteiger partial charge in [-0.1, -0.05) is 58.9 Å². The summed E-state index contributed by atoms with van der Waals surface area (Å²) < 4.78 is 0. The molecule has 21 heavy (non-hydrogen) atoms. The van der Waals surface area contributed by atoms with Crippen LogP contribution in [0, 0.1) is 0 Å². The molecule has 3 N–H and O–H groups in total. The fourth-order valence-corrected chi connectivity index (χ4v) is 2.16. The van der Waals surface area contributed by atoms with Crippen LogP contribution in [0.25, 0.3) is 6.08 Å². The van der Waals surface area contributed by atoms with Crippen LogP contribution in [0.1, 0.15) is 59.4 Å². The molecule has 0 saturated heterocycles. The first-order valence-corrected chi connectivity index (χ1v) is 7.68. The van der Waals surface area contributed by atoms with E-state index in [1.54, 1.807) is 0 Å². The summed E-state index contributed by atoms with van der Waals surface area (Å²) in [5, 5.41) is 0. The van der Waals surface area contributed by atoms with Crippen LogP contribution in [0.2, 0.25) is 0 Å². The average Bonchev–Trinajstić information content (AvgIpc) is 2.49. The zero-order chi connectivity index (χ0) is 15.5. The first kappa shape index (κ1) is 21.7. The smallest absolute Gasteiger partial charge is 0.226 e. The first-order chi connectivity index (χ1) is 9.63. The Labute approximate surface area is 130 Å². The van der Waals surface area contributed by atoms with Crippen molar-refractivity contribution in [2.45, 2.75) is 59.9 Å². The van der Waals surface area contributed by atoms with Crippen molar-refractivity contribution in [3.8, 4) is 0 Å². The van der Waals surface area contributed by atoms with Gasteiger partial charge in [-0.25, -0.2) is 0 Å². The minimum Gasteiger partial charge on any atom is -0.344 e. The lowest BCUT2D eigenvalue weighted by molar-refractivity contribution is -0.118. The molecule has 1 rings (SSSR count). The monoisotopic (exact) mass is 292 g/mol. The normalized spacial score (nSPS) is 10.5. The Bertz CT molecular complexity index is 415. The summed E-state index contributed by atoms with van der Waals surface area (Å²) in [6.45, 7) is 13.9. The van der Waals surface area contributed by atoms with E-state index < -0.39 is 0 Å². The lowest BCUT2D eigenvalue weighted by Crippen LogP contribution is -2.38. The van der Waals surface area contributed by atoms with Gasteiger partial charge in [0.15, 0.2) is 0 Å². The molecule has 0 aliphatic rings. The van der Waals surface area contributed by atoms with E-state index in [2.05, 4.69) is 20.4 Å². The van der Waals surface area contributed by atoms with Gasteiger partial charge < -0.3 is 11.1 Å². The molecule has 0 aliphatic heterocycles. The van der Waals surface area contributed by atoms with Gasteiger partial charge >= 0.3 is 0 Å². The number of carbonyl (C=O) groups is 1. The van der Waals surface area contributed by atoms with Crippen molar-refractivity contribution < 1.29 is 4.79 Å². The average molecular weight is 292 g/mol. The molecule has 0 aliphatic carbocycles. The Morgan fingerprint density at radius 1 is 1.33 bits per heavy atom. The second-order valence-electron chi connectivity index (χ2n) is 4.55. The summed E-state index contributed by atoms with van der Waals surface area (Å²) in [6, 6.07) is 8.22. The van der Waals surface area contributed by atoms with Crippen molar-refractivity contribution in [2.75, 3.05) is 4.90 Å². The van der Waals surface area contributed by atoms with E-state index >= 15 is 0 Å². The van der Waals surface area contributed by atoms with Crippen molar-refractivity contribution in [3.05, 3.63) is 36.4 Å². The third-order valence-corrected chi connectivity index (χ3v) is 3.10. The van der Waals surface area contributed by atoms with Crippen LogP contribution in [0.5, 0.6) is 0 Å². The Morgan fingerprint density at radius 2 is 1.95 bits per heavy atom. The van der Waals surface area contributed by atoms with Crippen LogP contribution in [0.4, 0.5) is 5.69 Å². The van der Waals surface area contributed by atoms with Crippen LogP contribution in [-0.2, 0) is 4.79 Å². The van der Waals surface area contributed by atoms with E-state index in [9.17, 15) is 4.79 Å². The maximum Gasteiger partial charge on any atom is 0.226 e. The Hall–Kier alpha value is -1.61. The van der Waals surface area contributed by atoms with Gasteiger partial charge in [0.25, 0.3) is 0 Å². The number of anilines is 1. The molecule has 120 valence electrons. The predicted molar refractivity (Wildman–Crippen MR) is 95.1 cm³/mol. The van der Waals surface area contributed by atoms with Gasteiger partial charge in [-0.15, -0.1) is 0 Å². The van der Waals surface area contributed by atoms with E-state index in [0.717, 1.165) is 24.1 Å². The summed E-state index contributed by atoms with van der Waals surface area (Å²) in [4.78, 5) is 14.0. The SMILES string of the molecule is C=Cc1cccc(N(C(=O)CC)C(C)CCC)c1.CC.N. The number of rotatable bonds is 6. The molecule has 0 spiro atoms. The number of carbonyl (C=O) groups excluding carboxylic acids is 1. The molecule has 0 saturated carbocycles. The highest BCUT2D eigenvalue weighted by Gasteiger charge is 2.19. The minimum absolute atomic E-state index is 0. The quantitative estimate of drug-likeness (QED) is 0.758. The maximum atomic E-state index is 12.1. The molecule has 1 aromatic rings. The zero-order valence-corrected chi connectivity index (χ0v) is 14.4. The number of hydrogen-bond donors (Lipinski definition) is 1. The summed E-state index contributed by atoms with van der Waals surface area (Å²) in [7, 11) is 0. The van der Waals surface area contributed by atoms with Crippen LogP contribution in [0.3, 0.4) is 0 Å². The maximum absolute atomic E-state index is 12.1. The third kappa shape index (κ3) is 6.58. The zero-order valence-electron chi connectivity index (χ0n) is 14.4. The van der Waals surface area contributed by atoms with E-state index in [0.29, 0.717) is 6.42 Å². The number of amides is 1. The Kier molecular flexibility index (Phi) is 12.6. The predicted octanol–water partition coefficient (Wildman–Crippen LogP) is 5.45. The van der Waals surface area contributed by atoms with Gasteiger partial charge in [-0.05, 0) is 31.0 Å². The van der Waals surface area contributed by atoms with Crippen molar-refractivity contribution >= 4 is 17.7 Å². The molecule has 3 heteroatoms. The molecule has 1 unspecified atom stereocenters. The van der Waals surface area contributed by atoms with Gasteiger partial charge in [-0.3, -0.25) is 4.79 Å². The molecule has 3 nitrogen and oxygen atoms in total. The molecule has 0 heterocycles. The van der Waals surface area contributed by atoms with Crippen molar-refractivity contribution in [1.82, 2.24) is 6.15 Å². The highest BCUT2D eigenvalue weighted by molar-refractivity contribution is 5.94. The first-order valence-electron chi connectivity index (χ1n) is 7.68. The fourth-order valence-electron chi connectivity index (χ4n) is 2.16. The minimum atomic E-state index is 0. The van der Waals surface area contributed by atoms with E-state index in [-0.39, 0.29) is 18.1 Å². The molecule has 0 fully saturated rings. The van der Waals surface area contributed by atoms with Gasteiger partial charge in [0.05, 0.1) is 0 Å². The molecule has 1 atom stereocenters. The second-order valence-corrected chi connectivity index (χ2v) is 4.55. The van der Waals surface area contributed by atoms with Crippen LogP contribution in [0.15, 0.2) is 30.8 Å². The summed E-state index contributed by atoms with van der Waals surface area (Å²) in [5.41, 5.74) is 2.02. The Morgan fingerprint density at radius 3 is 2.43 bits per heavy atom. The Balaban J connectivity index is 0. The van der Waals surface area contributed by atoms with E-state index in [1.165, 1.54) is 0 Å². The standard InChI is InChI=1S/C16H23NO.C2H6.H3N/c1-5-9-13(4)17(16(18)7-3)15-11-8-10-14(6-2)12-15;1-2;/h6,8,10-13H,2,5,7,9H2,1,3-4H3;1-2H3;1H3. The second kappa shape index (κ2) is 12.2. The fraction of sp³-hybridized carbons (Fsp3) is 0.500. The van der Waals surface area contributed by atoms with Crippen LogP contribution in [-0.4, -0.2) is 11.9 Å². The third-order valence-electron chi connectivity index (χ3n) is 3.10. The van der Waals surface area contributed by atoms with Crippen molar-refractivity contribution in [3.63, 3.8) is 0 Å². The topological polar surface area (TPSA) is 55.3 Å². The highest BCUT2D eigenvalue weighted by atomic mass is 16.2. The van der Waals surface area contributed by atoms with Crippen LogP contribution < -0.4 is 11.1 Å². The van der Waals surface area contributed by atoms with E-state index in [4.69, 9.17) is 0 Å². The molecule has 0 bridgehead atoms. The molecule has 1 amide bonds. The lowest BCUT2D eigenvalue weighted by Gasteiger charge is -2.29. The molecule has 1 aromatic carbocycles.